The normalized spacial score (nSPS) is 11.7. The topological polar surface area (TPSA) is 103 Å². The van der Waals surface area contributed by atoms with E-state index in [1.807, 2.05) is 0 Å². The van der Waals surface area contributed by atoms with Crippen molar-refractivity contribution in [2.45, 2.75) is 12.8 Å². The molecule has 0 atom stereocenters. The van der Waals surface area contributed by atoms with E-state index in [2.05, 4.69) is 32.7 Å². The molecule has 1 aromatic heterocycles. The lowest BCUT2D eigenvalue weighted by Gasteiger charge is -2.14. The number of fused-ring (bicyclic) bond motifs is 1. The number of hydrogen-bond donors (Lipinski definition) is 1. The summed E-state index contributed by atoms with van der Waals surface area (Å²) in [5.41, 5.74) is 0.397. The Balaban J connectivity index is 1.51. The first-order chi connectivity index (χ1) is 20.5. The SMILES string of the molecule is COc1cc(C=Nn2c(-c3cccc(C(F)(F)F)c3)nc3ccccc3c2=O)cc(I)c1OCc1ccc(C(=O)O)cc1. The third kappa shape index (κ3) is 6.53. The molecule has 43 heavy (non-hydrogen) atoms. The number of carboxylic acid groups (broad SMARTS) is 1. The number of aromatic nitrogens is 2. The number of methoxy groups -OCH3 is 1. The summed E-state index contributed by atoms with van der Waals surface area (Å²) in [6, 6.07) is 20.7. The number of benzene rings is 4. The minimum absolute atomic E-state index is 0.0541. The van der Waals surface area contributed by atoms with Gasteiger partial charge in [-0.2, -0.15) is 22.9 Å². The summed E-state index contributed by atoms with van der Waals surface area (Å²) in [7, 11) is 1.46. The highest BCUT2D eigenvalue weighted by Crippen LogP contribution is 2.35. The monoisotopic (exact) mass is 699 g/mol. The lowest BCUT2D eigenvalue weighted by atomic mass is 10.1. The molecule has 0 fully saturated rings. The highest BCUT2D eigenvalue weighted by molar-refractivity contribution is 14.1. The number of halogens is 4. The lowest BCUT2D eigenvalue weighted by Crippen LogP contribution is -2.20. The van der Waals surface area contributed by atoms with Gasteiger partial charge in [0.05, 0.1) is 38.9 Å². The molecular weight excluding hydrogens is 678 g/mol. The number of hydrogen-bond acceptors (Lipinski definition) is 6. The zero-order valence-corrected chi connectivity index (χ0v) is 24.5. The minimum Gasteiger partial charge on any atom is -0.493 e. The minimum atomic E-state index is -4.58. The van der Waals surface area contributed by atoms with Crippen LogP contribution in [0.15, 0.2) is 94.8 Å². The molecule has 1 N–H and O–H groups in total. The first kappa shape index (κ1) is 29.8. The second-order valence-electron chi connectivity index (χ2n) is 9.22. The van der Waals surface area contributed by atoms with Gasteiger partial charge in [0.25, 0.3) is 5.56 Å². The van der Waals surface area contributed by atoms with Crippen molar-refractivity contribution < 1.29 is 32.5 Å². The molecule has 0 saturated heterocycles. The number of para-hydroxylation sites is 1. The van der Waals surface area contributed by atoms with Gasteiger partial charge in [-0.25, -0.2) is 9.78 Å². The third-order valence-electron chi connectivity index (χ3n) is 6.36. The zero-order chi connectivity index (χ0) is 30.7. The Morgan fingerprint density at radius 2 is 1.79 bits per heavy atom. The number of rotatable bonds is 8. The maximum absolute atomic E-state index is 13.5. The number of nitrogens with zero attached hydrogens (tertiary/aromatic N) is 3. The molecule has 4 aromatic carbocycles. The summed E-state index contributed by atoms with van der Waals surface area (Å²) < 4.78 is 53.5. The maximum Gasteiger partial charge on any atom is 0.416 e. The van der Waals surface area contributed by atoms with Crippen LogP contribution in [0.1, 0.15) is 27.0 Å². The summed E-state index contributed by atoms with van der Waals surface area (Å²) in [4.78, 5) is 29.0. The molecule has 0 aliphatic heterocycles. The molecule has 8 nitrogen and oxygen atoms in total. The Morgan fingerprint density at radius 3 is 2.49 bits per heavy atom. The maximum atomic E-state index is 13.5. The van der Waals surface area contributed by atoms with Crippen LogP contribution in [0.4, 0.5) is 13.2 Å². The molecule has 1 heterocycles. The summed E-state index contributed by atoms with van der Waals surface area (Å²) in [6.45, 7) is 0.151. The Kier molecular flexibility index (Phi) is 8.48. The first-order valence-electron chi connectivity index (χ1n) is 12.6. The van der Waals surface area contributed by atoms with Crippen LogP contribution in [0.5, 0.6) is 11.5 Å². The number of aromatic carboxylic acids is 1. The molecular formula is C31H21F3IN3O5. The average molecular weight is 699 g/mol. The van der Waals surface area contributed by atoms with Crippen molar-refractivity contribution in [3.05, 3.63) is 121 Å². The van der Waals surface area contributed by atoms with Crippen molar-refractivity contribution in [2.75, 3.05) is 7.11 Å². The van der Waals surface area contributed by atoms with E-state index in [0.29, 0.717) is 26.1 Å². The molecule has 0 aliphatic carbocycles. The predicted molar refractivity (Wildman–Crippen MR) is 163 cm³/mol. The largest absolute Gasteiger partial charge is 0.493 e. The van der Waals surface area contributed by atoms with Gasteiger partial charge in [0.1, 0.15) is 6.61 Å². The average Bonchev–Trinajstić information content (AvgIpc) is 2.99. The molecule has 0 radical (unpaired) electrons. The molecule has 0 unspecified atom stereocenters. The van der Waals surface area contributed by atoms with Crippen molar-refractivity contribution in [3.63, 3.8) is 0 Å². The predicted octanol–water partition coefficient (Wildman–Crippen LogP) is 6.85. The van der Waals surface area contributed by atoms with Crippen LogP contribution >= 0.6 is 22.6 Å². The van der Waals surface area contributed by atoms with E-state index in [4.69, 9.17) is 14.6 Å². The van der Waals surface area contributed by atoms with Crippen molar-refractivity contribution in [1.29, 1.82) is 0 Å². The highest BCUT2D eigenvalue weighted by Gasteiger charge is 2.31. The van der Waals surface area contributed by atoms with Gasteiger partial charge in [-0.3, -0.25) is 4.79 Å². The van der Waals surface area contributed by atoms with Gasteiger partial charge in [0.15, 0.2) is 17.3 Å². The first-order valence-corrected chi connectivity index (χ1v) is 13.7. The van der Waals surface area contributed by atoms with E-state index in [9.17, 15) is 22.8 Å². The quantitative estimate of drug-likeness (QED) is 0.140. The summed E-state index contributed by atoms with van der Waals surface area (Å²) in [5.74, 6) is -0.263. The van der Waals surface area contributed by atoms with Gasteiger partial charge in [0, 0.05) is 5.56 Å². The van der Waals surface area contributed by atoms with E-state index < -0.39 is 23.3 Å². The van der Waals surface area contributed by atoms with Crippen LogP contribution in [0, 0.1) is 3.57 Å². The second-order valence-corrected chi connectivity index (χ2v) is 10.4. The summed E-state index contributed by atoms with van der Waals surface area (Å²) >= 11 is 2.06. The van der Waals surface area contributed by atoms with E-state index in [-0.39, 0.29) is 28.9 Å². The van der Waals surface area contributed by atoms with Crippen LogP contribution in [0.25, 0.3) is 22.3 Å². The highest BCUT2D eigenvalue weighted by atomic mass is 127. The third-order valence-corrected chi connectivity index (χ3v) is 7.16. The second kappa shape index (κ2) is 12.3. The fourth-order valence-electron chi connectivity index (χ4n) is 4.23. The number of alkyl halides is 3. The lowest BCUT2D eigenvalue weighted by molar-refractivity contribution is -0.137. The van der Waals surface area contributed by atoms with E-state index in [0.717, 1.165) is 22.4 Å². The number of ether oxygens (including phenoxy) is 2. The van der Waals surface area contributed by atoms with Crippen LogP contribution in [-0.2, 0) is 12.8 Å². The Labute approximate surface area is 256 Å². The molecule has 0 saturated carbocycles. The molecule has 5 rings (SSSR count). The Hall–Kier alpha value is -4.72. The van der Waals surface area contributed by atoms with Gasteiger partial charge >= 0.3 is 12.1 Å². The van der Waals surface area contributed by atoms with Crippen molar-refractivity contribution >= 4 is 45.7 Å². The van der Waals surface area contributed by atoms with E-state index in [1.165, 1.54) is 37.6 Å². The van der Waals surface area contributed by atoms with Crippen LogP contribution in [0.2, 0.25) is 0 Å². The molecule has 0 amide bonds. The molecule has 0 bridgehead atoms. The van der Waals surface area contributed by atoms with Crippen molar-refractivity contribution in [3.8, 4) is 22.9 Å². The number of carboxylic acids is 1. The fraction of sp³-hybridized carbons (Fsp3) is 0.0968. The fourth-order valence-corrected chi connectivity index (χ4v) is 5.01. The molecule has 5 aromatic rings. The van der Waals surface area contributed by atoms with Crippen LogP contribution in [-0.4, -0.2) is 34.1 Å². The van der Waals surface area contributed by atoms with Crippen molar-refractivity contribution in [2.24, 2.45) is 5.10 Å². The smallest absolute Gasteiger partial charge is 0.416 e. The molecule has 0 aliphatic rings. The van der Waals surface area contributed by atoms with E-state index in [1.54, 1.807) is 48.5 Å². The summed E-state index contributed by atoms with van der Waals surface area (Å²) in [6.07, 6.45) is -3.20. The standard InChI is InChI=1S/C31H21F3IN3O5/c1-42-26-14-19(13-24(35)27(26)43-17-18-9-11-20(12-10-18)30(40)41)16-36-38-28(21-5-4-6-22(15-21)31(32,33)34)37-25-8-3-2-7-23(25)29(38)39/h2-16H,17H2,1H3,(H,40,41). The van der Waals surface area contributed by atoms with E-state index >= 15 is 0 Å². The Bertz CT molecular complexity index is 1920. The Morgan fingerprint density at radius 1 is 1.05 bits per heavy atom. The van der Waals surface area contributed by atoms with Gasteiger partial charge in [-0.15, -0.1) is 0 Å². The van der Waals surface area contributed by atoms with Gasteiger partial charge in [-0.1, -0.05) is 36.4 Å². The van der Waals surface area contributed by atoms with Crippen molar-refractivity contribution in [1.82, 2.24) is 9.66 Å². The summed E-state index contributed by atoms with van der Waals surface area (Å²) in [5, 5.41) is 13.7. The zero-order valence-electron chi connectivity index (χ0n) is 22.3. The molecule has 12 heteroatoms. The van der Waals surface area contributed by atoms with Crippen LogP contribution in [0.3, 0.4) is 0 Å². The molecule has 0 spiro atoms. The number of carbonyl (C=O) groups is 1. The molecule has 218 valence electrons. The van der Waals surface area contributed by atoms with Gasteiger partial charge < -0.3 is 14.6 Å². The van der Waals surface area contributed by atoms with Gasteiger partial charge in [0.2, 0.25) is 0 Å². The van der Waals surface area contributed by atoms with Gasteiger partial charge in [-0.05, 0) is 82.2 Å². The van der Waals surface area contributed by atoms with Crippen LogP contribution < -0.4 is 15.0 Å².